The van der Waals surface area contributed by atoms with Gasteiger partial charge in [-0.3, -0.25) is 0 Å². The minimum absolute atomic E-state index is 1.08. The van der Waals surface area contributed by atoms with E-state index in [4.69, 9.17) is 0 Å². The first-order valence-electron chi connectivity index (χ1n) is 13.1. The van der Waals surface area contributed by atoms with Crippen LogP contribution in [0.1, 0.15) is 57.9 Å². The smallest absolute Gasteiger partial charge is 0.0553 e. The predicted octanol–water partition coefficient (Wildman–Crippen LogP) is 11.0. The average molecular weight is 530 g/mol. The molecule has 0 radical (unpaired) electrons. The van der Waals surface area contributed by atoms with Crippen molar-refractivity contribution < 1.29 is 0 Å². The van der Waals surface area contributed by atoms with Crippen LogP contribution in [-0.4, -0.2) is 6.54 Å². The summed E-state index contributed by atoms with van der Waals surface area (Å²) in [4.78, 5) is 10.7. The molecule has 0 atom stereocenters. The predicted molar refractivity (Wildman–Crippen MR) is 160 cm³/mol. The molecule has 3 aromatic rings. The van der Waals surface area contributed by atoms with Gasteiger partial charge >= 0.3 is 0 Å². The first-order chi connectivity index (χ1) is 17.6. The maximum Gasteiger partial charge on any atom is 0.0553 e. The Labute approximate surface area is 229 Å². The fourth-order valence-corrected chi connectivity index (χ4v) is 7.75. The van der Waals surface area contributed by atoms with Crippen molar-refractivity contribution in [1.82, 2.24) is 0 Å². The van der Waals surface area contributed by atoms with Gasteiger partial charge in [0.15, 0.2) is 0 Å². The van der Waals surface area contributed by atoms with Crippen LogP contribution in [0.5, 0.6) is 0 Å². The molecule has 1 heterocycles. The summed E-state index contributed by atoms with van der Waals surface area (Å²) in [5.74, 6) is 0. The molecular weight excluding hydrogens is 495 g/mol. The van der Waals surface area contributed by atoms with Gasteiger partial charge in [0, 0.05) is 31.0 Å². The van der Waals surface area contributed by atoms with Crippen LogP contribution in [-0.2, 0) is 0 Å². The zero-order valence-corrected chi connectivity index (χ0v) is 24.0. The summed E-state index contributed by atoms with van der Waals surface area (Å²) in [5.41, 5.74) is 5.50. The monoisotopic (exact) mass is 529 g/mol. The van der Waals surface area contributed by atoms with Crippen LogP contribution in [0, 0.1) is 6.92 Å². The largest absolute Gasteiger partial charge is 0.340 e. The third-order valence-electron chi connectivity index (χ3n) is 6.72. The van der Waals surface area contributed by atoms with Crippen LogP contribution in [0.3, 0.4) is 0 Å². The van der Waals surface area contributed by atoms with Crippen LogP contribution in [0.25, 0.3) is 0 Å². The quantitative estimate of drug-likeness (QED) is 0.253. The number of fused-ring (bicyclic) bond motifs is 2. The second-order valence-corrected chi connectivity index (χ2v) is 13.2. The molecule has 1 aliphatic carbocycles. The highest BCUT2D eigenvalue weighted by molar-refractivity contribution is 8.03. The van der Waals surface area contributed by atoms with Gasteiger partial charge in [-0.1, -0.05) is 96.9 Å². The van der Waals surface area contributed by atoms with Gasteiger partial charge in [0.05, 0.1) is 11.4 Å². The number of nitrogens with zero attached hydrogens (tertiary/aromatic N) is 1. The Hall–Kier alpha value is -2.01. The van der Waals surface area contributed by atoms with Crippen LogP contribution in [0.4, 0.5) is 11.4 Å². The van der Waals surface area contributed by atoms with Crippen molar-refractivity contribution >= 4 is 46.7 Å². The van der Waals surface area contributed by atoms with E-state index in [1.54, 1.807) is 0 Å². The fourth-order valence-electron chi connectivity index (χ4n) is 4.61. The topological polar surface area (TPSA) is 3.24 Å². The number of allylic oxidation sites excluding steroid dienone is 4. The Bertz CT molecular complexity index is 1270. The minimum atomic E-state index is 1.08. The first kappa shape index (κ1) is 25.6. The molecule has 0 fully saturated rings. The fraction of sp³-hybridized carbons (Fsp3) is 0.312. The number of rotatable bonds is 9. The second kappa shape index (κ2) is 12.0. The lowest BCUT2D eigenvalue weighted by Gasteiger charge is -2.33. The summed E-state index contributed by atoms with van der Waals surface area (Å²) in [7, 11) is 0. The average Bonchev–Trinajstić information content (AvgIpc) is 2.88. The van der Waals surface area contributed by atoms with E-state index in [-0.39, 0.29) is 0 Å². The van der Waals surface area contributed by atoms with Gasteiger partial charge in [0.25, 0.3) is 0 Å². The van der Waals surface area contributed by atoms with E-state index in [9.17, 15) is 0 Å². The third kappa shape index (κ3) is 6.27. The molecule has 0 saturated heterocycles. The molecule has 0 N–H and O–H groups in total. The number of anilines is 2. The first-order valence-corrected chi connectivity index (χ1v) is 15.6. The Kier molecular flexibility index (Phi) is 8.56. The van der Waals surface area contributed by atoms with Crippen LogP contribution in [0.15, 0.2) is 108 Å². The summed E-state index contributed by atoms with van der Waals surface area (Å²) in [5, 5.41) is 0. The van der Waals surface area contributed by atoms with Gasteiger partial charge in [-0.15, -0.1) is 0 Å². The molecule has 186 valence electrons. The van der Waals surface area contributed by atoms with Crippen LogP contribution >= 0.6 is 35.3 Å². The van der Waals surface area contributed by atoms with E-state index in [1.807, 2.05) is 35.3 Å². The van der Waals surface area contributed by atoms with Crippen LogP contribution in [0.2, 0.25) is 0 Å². The summed E-state index contributed by atoms with van der Waals surface area (Å²) < 4.78 is 0. The van der Waals surface area contributed by atoms with Crippen molar-refractivity contribution in [3.8, 4) is 0 Å². The molecule has 4 heteroatoms. The van der Waals surface area contributed by atoms with Crippen molar-refractivity contribution in [3.63, 3.8) is 0 Å². The maximum absolute atomic E-state index is 2.57. The number of hydrogen-bond donors (Lipinski definition) is 0. The van der Waals surface area contributed by atoms with Crippen molar-refractivity contribution in [2.45, 2.75) is 83.8 Å². The van der Waals surface area contributed by atoms with E-state index in [0.29, 0.717) is 0 Å². The maximum atomic E-state index is 2.57. The summed E-state index contributed by atoms with van der Waals surface area (Å²) >= 11 is 5.72. The summed E-state index contributed by atoms with van der Waals surface area (Å²) in [6.45, 7) is 7.73. The number of benzene rings is 3. The third-order valence-corrected chi connectivity index (χ3v) is 9.91. The molecule has 0 spiro atoms. The molecule has 1 aliphatic heterocycles. The molecule has 0 unspecified atom stereocenters. The number of thioether (sulfide) groups is 1. The molecule has 0 amide bonds. The van der Waals surface area contributed by atoms with Gasteiger partial charge in [-0.2, -0.15) is 0 Å². The summed E-state index contributed by atoms with van der Waals surface area (Å²) in [6, 6.07) is 23.0. The van der Waals surface area contributed by atoms with Gasteiger partial charge in [-0.05, 0) is 86.5 Å². The number of aryl methyl sites for hydroxylation is 1. The van der Waals surface area contributed by atoms with Gasteiger partial charge < -0.3 is 4.90 Å². The lowest BCUT2D eigenvalue weighted by molar-refractivity contribution is 0.665. The highest BCUT2D eigenvalue weighted by Crippen LogP contribution is 2.51. The number of unbranched alkanes of at least 4 members (excludes halogenated alkanes) is 3. The molecule has 0 bridgehead atoms. The molecule has 2 aliphatic rings. The molecule has 0 aromatic heterocycles. The van der Waals surface area contributed by atoms with E-state index >= 15 is 0 Å². The zero-order chi connectivity index (χ0) is 24.9. The molecule has 1 nitrogen and oxygen atoms in total. The summed E-state index contributed by atoms with van der Waals surface area (Å²) in [6.07, 6.45) is 12.0. The second-order valence-electron chi connectivity index (χ2n) is 9.74. The minimum Gasteiger partial charge on any atom is -0.340 e. The molecule has 0 saturated carbocycles. The molecule has 5 rings (SSSR count). The Morgan fingerprint density at radius 3 is 2.03 bits per heavy atom. The van der Waals surface area contributed by atoms with Gasteiger partial charge in [0.2, 0.25) is 0 Å². The zero-order valence-electron chi connectivity index (χ0n) is 21.5. The SMILES string of the molecule is CCCCCCN1c2ccc(SC3=CC=C(C)CC3)cc2Sc2cc(Sc3ccc(C)cc3)ccc21. The highest BCUT2D eigenvalue weighted by atomic mass is 32.2. The van der Waals surface area contributed by atoms with Crippen molar-refractivity contribution in [3.05, 3.63) is 88.9 Å². The molecular formula is C32H35NS3. The van der Waals surface area contributed by atoms with Gasteiger partial charge in [0.1, 0.15) is 0 Å². The Morgan fingerprint density at radius 1 is 0.722 bits per heavy atom. The Morgan fingerprint density at radius 2 is 1.39 bits per heavy atom. The van der Waals surface area contributed by atoms with Crippen LogP contribution < -0.4 is 4.90 Å². The Balaban J connectivity index is 1.42. The standard InChI is InChI=1S/C32H35NS3/c1-4-5-6-7-20-33-29-18-16-27(34-25-12-8-23(2)9-13-25)21-31(29)36-32-22-28(17-19-30(32)33)35-26-14-10-24(3)11-15-26/h8-10,12-14,16-19,21-22H,4-7,11,15,20H2,1-3H3. The van der Waals surface area contributed by atoms with E-state index in [1.165, 1.54) is 84.0 Å². The molecule has 3 aromatic carbocycles. The number of hydrogen-bond acceptors (Lipinski definition) is 4. The van der Waals surface area contributed by atoms with E-state index in [2.05, 4.69) is 98.5 Å². The van der Waals surface area contributed by atoms with Crippen molar-refractivity contribution in [1.29, 1.82) is 0 Å². The van der Waals surface area contributed by atoms with Crippen molar-refractivity contribution in [2.75, 3.05) is 11.4 Å². The van der Waals surface area contributed by atoms with E-state index in [0.717, 1.165) is 13.0 Å². The lowest BCUT2D eigenvalue weighted by atomic mass is 10.1. The lowest BCUT2D eigenvalue weighted by Crippen LogP contribution is -2.22. The van der Waals surface area contributed by atoms with Crippen molar-refractivity contribution in [2.24, 2.45) is 0 Å². The van der Waals surface area contributed by atoms with E-state index < -0.39 is 0 Å². The van der Waals surface area contributed by atoms with Gasteiger partial charge in [-0.25, -0.2) is 0 Å². The normalized spacial score (nSPS) is 14.7. The highest BCUT2D eigenvalue weighted by Gasteiger charge is 2.24. The molecule has 36 heavy (non-hydrogen) atoms.